The van der Waals surface area contributed by atoms with Gasteiger partial charge in [0.25, 0.3) is 5.56 Å². The van der Waals surface area contributed by atoms with Crippen LogP contribution >= 0.6 is 35.6 Å². The summed E-state index contributed by atoms with van der Waals surface area (Å²) in [7, 11) is 0. The molecule has 0 aliphatic rings. The first-order chi connectivity index (χ1) is 12.9. The van der Waals surface area contributed by atoms with Crippen LogP contribution in [0.2, 0.25) is 5.02 Å². The number of halogens is 1. The molecule has 1 aromatic heterocycles. The first-order valence-electron chi connectivity index (χ1n) is 8.62. The number of allylic oxidation sites excluding steroid dienone is 1. The molecule has 0 saturated heterocycles. The molecule has 0 bridgehead atoms. The van der Waals surface area contributed by atoms with Crippen molar-refractivity contribution in [1.82, 2.24) is 9.97 Å². The Hall–Kier alpha value is -1.83. The van der Waals surface area contributed by atoms with E-state index in [0.717, 1.165) is 11.4 Å². The third-order valence-corrected chi connectivity index (χ3v) is 4.70. The van der Waals surface area contributed by atoms with Crippen LogP contribution in [0, 0.1) is 11.7 Å². The minimum atomic E-state index is -0.301. The molecular formula is C19H24ClN3O2S2. The van der Waals surface area contributed by atoms with Gasteiger partial charge < -0.3 is 10.3 Å². The number of Topliss-reactive ketones (excluding diaryl/α,β-unsaturated/α-hetero) is 1. The van der Waals surface area contributed by atoms with E-state index < -0.39 is 0 Å². The molecule has 0 fully saturated rings. The molecule has 0 amide bonds. The van der Waals surface area contributed by atoms with Crippen molar-refractivity contribution >= 4 is 47.1 Å². The topological polar surface area (TPSA) is 77.8 Å². The smallest absolute Gasteiger partial charge is 0.275 e. The standard InChI is InChI=1S/C17H18ClN3O2S2.C2H6/c1-3-5-14(20-15-10(2)19-17(24)21-16(15)23)25-9-13(22)11-6-4-7-12(18)8-11;1-2/h4-8,20H,3,9H2,1-2H3,(H2,19,21,23,24);1-2H3/b14-5-;. The van der Waals surface area contributed by atoms with Crippen molar-refractivity contribution in [2.45, 2.75) is 34.1 Å². The quantitative estimate of drug-likeness (QED) is 0.391. The predicted octanol–water partition coefficient (Wildman–Crippen LogP) is 5.70. The SMILES string of the molecule is CC.CC/C=C(/Nc1c(C)[nH]c(=S)[nH]c1=O)SCC(=O)c1cccc(Cl)c1. The average molecular weight is 426 g/mol. The number of hydrogen-bond acceptors (Lipinski definition) is 5. The zero-order chi connectivity index (χ0) is 20.4. The van der Waals surface area contributed by atoms with E-state index >= 15 is 0 Å². The summed E-state index contributed by atoms with van der Waals surface area (Å²) in [4.78, 5) is 29.8. The van der Waals surface area contributed by atoms with Crippen LogP contribution in [0.5, 0.6) is 0 Å². The zero-order valence-corrected chi connectivity index (χ0v) is 18.2. The first kappa shape index (κ1) is 23.2. The maximum atomic E-state index is 12.3. The number of aromatic nitrogens is 2. The molecule has 1 aromatic carbocycles. The number of aryl methyl sites for hydroxylation is 1. The molecule has 8 heteroatoms. The highest BCUT2D eigenvalue weighted by Crippen LogP contribution is 2.21. The second-order valence-corrected chi connectivity index (χ2v) is 7.09. The predicted molar refractivity (Wildman–Crippen MR) is 119 cm³/mol. The van der Waals surface area contributed by atoms with Crippen molar-refractivity contribution in [3.05, 3.63) is 66.8 Å². The summed E-state index contributed by atoms with van der Waals surface area (Å²) in [5.74, 6) is 0.202. The lowest BCUT2D eigenvalue weighted by Gasteiger charge is -2.12. The fourth-order valence-corrected chi connectivity index (χ4v) is 3.44. The average Bonchev–Trinajstić information content (AvgIpc) is 2.64. The highest BCUT2D eigenvalue weighted by molar-refractivity contribution is 8.03. The molecule has 146 valence electrons. The Bertz CT molecular complexity index is 920. The maximum Gasteiger partial charge on any atom is 0.275 e. The lowest BCUT2D eigenvalue weighted by Crippen LogP contribution is -2.17. The summed E-state index contributed by atoms with van der Waals surface area (Å²) in [6.45, 7) is 7.75. The summed E-state index contributed by atoms with van der Waals surface area (Å²) >= 11 is 12.2. The zero-order valence-electron chi connectivity index (χ0n) is 15.8. The van der Waals surface area contributed by atoms with E-state index in [0.29, 0.717) is 22.0 Å². The lowest BCUT2D eigenvalue weighted by molar-refractivity contribution is 0.102. The fourth-order valence-electron chi connectivity index (χ4n) is 2.09. The normalized spacial score (nSPS) is 10.8. The molecule has 1 heterocycles. The van der Waals surface area contributed by atoms with Gasteiger partial charge in [0.05, 0.1) is 10.8 Å². The van der Waals surface area contributed by atoms with E-state index in [1.807, 2.05) is 26.8 Å². The summed E-state index contributed by atoms with van der Waals surface area (Å²) in [6.07, 6.45) is 2.69. The molecule has 2 aromatic rings. The second-order valence-electron chi connectivity index (χ2n) is 5.23. The minimum Gasteiger partial charge on any atom is -0.345 e. The Labute approximate surface area is 173 Å². The van der Waals surface area contributed by atoms with Crippen molar-refractivity contribution in [3.63, 3.8) is 0 Å². The Morgan fingerprint density at radius 1 is 1.33 bits per heavy atom. The number of carbonyl (C=O) groups is 1. The van der Waals surface area contributed by atoms with E-state index in [4.69, 9.17) is 23.8 Å². The number of carbonyl (C=O) groups excluding carboxylic acids is 1. The molecule has 0 aliphatic carbocycles. The van der Waals surface area contributed by atoms with Gasteiger partial charge in [-0.15, -0.1) is 11.8 Å². The van der Waals surface area contributed by atoms with Gasteiger partial charge in [-0.1, -0.05) is 50.6 Å². The van der Waals surface area contributed by atoms with Gasteiger partial charge in [0, 0.05) is 16.3 Å². The van der Waals surface area contributed by atoms with Gasteiger partial charge in [-0.2, -0.15) is 0 Å². The Balaban J connectivity index is 0.00000176. The molecule has 0 radical (unpaired) electrons. The van der Waals surface area contributed by atoms with Crippen molar-refractivity contribution < 1.29 is 4.79 Å². The molecule has 0 aliphatic heterocycles. The summed E-state index contributed by atoms with van der Waals surface area (Å²) in [5.41, 5.74) is 1.28. The molecule has 0 unspecified atom stereocenters. The van der Waals surface area contributed by atoms with E-state index in [1.54, 1.807) is 31.2 Å². The van der Waals surface area contributed by atoms with Crippen molar-refractivity contribution in [1.29, 1.82) is 0 Å². The molecule has 5 nitrogen and oxygen atoms in total. The van der Waals surface area contributed by atoms with Gasteiger partial charge in [-0.3, -0.25) is 14.6 Å². The minimum absolute atomic E-state index is 0.0330. The van der Waals surface area contributed by atoms with E-state index in [-0.39, 0.29) is 21.9 Å². The number of hydrogen-bond donors (Lipinski definition) is 3. The van der Waals surface area contributed by atoms with Crippen molar-refractivity contribution in [2.75, 3.05) is 11.1 Å². The first-order valence-corrected chi connectivity index (χ1v) is 10.4. The second kappa shape index (κ2) is 11.8. The highest BCUT2D eigenvalue weighted by Gasteiger charge is 2.11. The van der Waals surface area contributed by atoms with Crippen LogP contribution < -0.4 is 10.9 Å². The molecule has 27 heavy (non-hydrogen) atoms. The fraction of sp³-hybridized carbons (Fsp3) is 0.316. The number of ketones is 1. The molecule has 2 rings (SSSR count). The molecule has 3 N–H and O–H groups in total. The van der Waals surface area contributed by atoms with Gasteiger partial charge in [-0.25, -0.2) is 0 Å². The monoisotopic (exact) mass is 425 g/mol. The van der Waals surface area contributed by atoms with Crippen LogP contribution in [0.1, 0.15) is 43.2 Å². The Kier molecular flexibility index (Phi) is 10.1. The van der Waals surface area contributed by atoms with Gasteiger partial charge in [0.1, 0.15) is 5.69 Å². The van der Waals surface area contributed by atoms with Gasteiger partial charge in [0.2, 0.25) is 0 Å². The highest BCUT2D eigenvalue weighted by atomic mass is 35.5. The van der Waals surface area contributed by atoms with E-state index in [9.17, 15) is 9.59 Å². The third kappa shape index (κ3) is 7.36. The largest absolute Gasteiger partial charge is 0.345 e. The number of anilines is 1. The lowest BCUT2D eigenvalue weighted by atomic mass is 10.1. The van der Waals surface area contributed by atoms with Crippen LogP contribution in [0.3, 0.4) is 0 Å². The number of nitrogens with one attached hydrogen (secondary N) is 3. The molecule has 0 atom stereocenters. The van der Waals surface area contributed by atoms with Gasteiger partial charge in [0.15, 0.2) is 10.6 Å². The van der Waals surface area contributed by atoms with Crippen LogP contribution in [-0.2, 0) is 0 Å². The van der Waals surface area contributed by atoms with Crippen molar-refractivity contribution in [3.8, 4) is 0 Å². The van der Waals surface area contributed by atoms with Crippen LogP contribution in [0.25, 0.3) is 0 Å². The van der Waals surface area contributed by atoms with Gasteiger partial charge in [-0.05, 0) is 37.7 Å². The van der Waals surface area contributed by atoms with Crippen LogP contribution in [0.15, 0.2) is 40.2 Å². The van der Waals surface area contributed by atoms with Crippen LogP contribution in [-0.4, -0.2) is 21.5 Å². The van der Waals surface area contributed by atoms with Crippen molar-refractivity contribution in [2.24, 2.45) is 0 Å². The van der Waals surface area contributed by atoms with E-state index in [2.05, 4.69) is 15.3 Å². The number of H-pyrrole nitrogens is 2. The Morgan fingerprint density at radius 3 is 2.63 bits per heavy atom. The molecular weight excluding hydrogens is 402 g/mol. The third-order valence-electron chi connectivity index (χ3n) is 3.27. The number of benzene rings is 1. The Morgan fingerprint density at radius 2 is 2.04 bits per heavy atom. The number of aromatic amines is 2. The molecule has 0 spiro atoms. The van der Waals surface area contributed by atoms with Crippen LogP contribution in [0.4, 0.5) is 5.69 Å². The van der Waals surface area contributed by atoms with E-state index in [1.165, 1.54) is 11.8 Å². The summed E-state index contributed by atoms with van der Waals surface area (Å²) in [5, 5.41) is 4.35. The number of rotatable bonds is 7. The summed E-state index contributed by atoms with van der Waals surface area (Å²) < 4.78 is 0.276. The molecule has 0 saturated carbocycles. The number of thioether (sulfide) groups is 1. The van der Waals surface area contributed by atoms with Gasteiger partial charge >= 0.3 is 0 Å². The summed E-state index contributed by atoms with van der Waals surface area (Å²) in [6, 6.07) is 6.85. The maximum absolute atomic E-state index is 12.3.